The predicted molar refractivity (Wildman–Crippen MR) is 129 cm³/mol. The number of carbonyl (C=O) groups is 1. The molecule has 0 aliphatic carbocycles. The van der Waals surface area contributed by atoms with Gasteiger partial charge in [0.25, 0.3) is 0 Å². The Kier molecular flexibility index (Phi) is 6.54. The number of aromatic nitrogens is 1. The second-order valence-corrected chi connectivity index (χ2v) is 9.13. The molecule has 1 N–H and O–H groups in total. The van der Waals surface area contributed by atoms with E-state index in [1.807, 2.05) is 25.1 Å². The van der Waals surface area contributed by atoms with Crippen molar-refractivity contribution in [2.24, 2.45) is 0 Å². The summed E-state index contributed by atoms with van der Waals surface area (Å²) in [6, 6.07) is 15.4. The van der Waals surface area contributed by atoms with Crippen LogP contribution >= 0.6 is 0 Å². The van der Waals surface area contributed by atoms with Crippen molar-refractivity contribution in [3.63, 3.8) is 0 Å². The molecule has 1 amide bonds. The van der Waals surface area contributed by atoms with Gasteiger partial charge in [0.05, 0.1) is 30.4 Å². The van der Waals surface area contributed by atoms with Crippen LogP contribution in [0.5, 0.6) is 0 Å². The Bertz CT molecular complexity index is 1200. The molecule has 1 spiro atoms. The highest BCUT2D eigenvalue weighted by atomic mass is 16.6. The van der Waals surface area contributed by atoms with Crippen LogP contribution < -0.4 is 11.1 Å². The average Bonchev–Trinajstić information content (AvgIpc) is 3.43. The third kappa shape index (κ3) is 4.66. The molecule has 2 fully saturated rings. The molecule has 3 aromatic rings. The summed E-state index contributed by atoms with van der Waals surface area (Å²) in [6.07, 6.45) is 2.80. The number of nitrogens with zero attached hydrogens (tertiary/aromatic N) is 2. The summed E-state index contributed by atoms with van der Waals surface area (Å²) in [7, 11) is 0. The zero-order valence-corrected chi connectivity index (χ0v) is 19.5. The first kappa shape index (κ1) is 22.8. The zero-order chi connectivity index (χ0) is 23.5. The Morgan fingerprint density at radius 3 is 2.82 bits per heavy atom. The van der Waals surface area contributed by atoms with E-state index in [0.717, 1.165) is 43.5 Å². The van der Waals surface area contributed by atoms with Crippen LogP contribution in [-0.4, -0.2) is 53.3 Å². The molecule has 0 saturated carbocycles. The lowest BCUT2D eigenvalue weighted by Gasteiger charge is -2.44. The Morgan fingerprint density at radius 2 is 2.06 bits per heavy atom. The van der Waals surface area contributed by atoms with E-state index in [-0.39, 0.29) is 29.9 Å². The third-order valence-corrected chi connectivity index (χ3v) is 6.93. The lowest BCUT2D eigenvalue weighted by Crippen LogP contribution is -2.57. The molecule has 2 saturated heterocycles. The number of nitrogens with one attached hydrogen (secondary N) is 1. The molecule has 2 atom stereocenters. The van der Waals surface area contributed by atoms with Crippen LogP contribution in [0.3, 0.4) is 0 Å². The minimum atomic E-state index is -0.390. The van der Waals surface area contributed by atoms with E-state index in [9.17, 15) is 9.59 Å². The number of carbonyl (C=O) groups excluding carboxylic acids is 1. The molecule has 0 bridgehead atoms. The summed E-state index contributed by atoms with van der Waals surface area (Å²) in [5.74, 6) is -0.499. The van der Waals surface area contributed by atoms with Gasteiger partial charge in [-0.05, 0) is 43.9 Å². The summed E-state index contributed by atoms with van der Waals surface area (Å²) in [5.41, 5.74) is 2.68. The standard InChI is InChI=1S/C26H31N3O5/c1-2-29-21-10-9-20(15-22(21)34-25(29)31)27-24(30)17-28-13-12-26(11-6-14-33-26)23(16-28)32-18-19-7-4-3-5-8-19/h3-5,7-10,15,23H,2,6,11-14,16-18H2,1H3,(H,27,30)/t23-,26+/m0/s1. The first-order valence-electron chi connectivity index (χ1n) is 12.0. The van der Waals surface area contributed by atoms with Gasteiger partial charge >= 0.3 is 5.76 Å². The molecular formula is C26H31N3O5. The van der Waals surface area contributed by atoms with Gasteiger partial charge in [-0.2, -0.15) is 0 Å². The number of anilines is 1. The van der Waals surface area contributed by atoms with Gasteiger partial charge in [-0.3, -0.25) is 14.3 Å². The van der Waals surface area contributed by atoms with Gasteiger partial charge in [-0.25, -0.2) is 4.79 Å². The van der Waals surface area contributed by atoms with Gasteiger partial charge in [0, 0.05) is 38.0 Å². The molecule has 0 radical (unpaired) electrons. The smallest absolute Gasteiger partial charge is 0.408 e. The number of amides is 1. The number of likely N-dealkylation sites (tertiary alicyclic amines) is 1. The van der Waals surface area contributed by atoms with Gasteiger partial charge in [0.2, 0.25) is 5.91 Å². The van der Waals surface area contributed by atoms with Crippen molar-refractivity contribution in [2.75, 3.05) is 31.6 Å². The maximum Gasteiger partial charge on any atom is 0.419 e. The van der Waals surface area contributed by atoms with Crippen molar-refractivity contribution < 1.29 is 18.7 Å². The molecule has 34 heavy (non-hydrogen) atoms. The number of rotatable bonds is 7. The van der Waals surface area contributed by atoms with Gasteiger partial charge in [-0.15, -0.1) is 0 Å². The molecule has 180 valence electrons. The number of hydrogen-bond acceptors (Lipinski definition) is 6. The Balaban J connectivity index is 1.22. The molecule has 2 aliphatic rings. The van der Waals surface area contributed by atoms with E-state index < -0.39 is 0 Å². The van der Waals surface area contributed by atoms with Crippen LogP contribution in [0, 0.1) is 0 Å². The Hall–Kier alpha value is -2.94. The SMILES string of the molecule is CCn1c(=O)oc2cc(NC(=O)CN3CC[C@]4(CCCO4)[C@@H](OCc4ccccc4)C3)ccc21. The van der Waals surface area contributed by atoms with E-state index in [1.165, 1.54) is 0 Å². The summed E-state index contributed by atoms with van der Waals surface area (Å²) < 4.78 is 19.4. The first-order chi connectivity index (χ1) is 16.6. The number of fused-ring (bicyclic) bond motifs is 1. The maximum absolute atomic E-state index is 12.8. The molecule has 8 nitrogen and oxygen atoms in total. The van der Waals surface area contributed by atoms with Gasteiger partial charge < -0.3 is 19.2 Å². The highest BCUT2D eigenvalue weighted by molar-refractivity contribution is 5.94. The van der Waals surface area contributed by atoms with Crippen LogP contribution in [0.25, 0.3) is 11.1 Å². The van der Waals surface area contributed by atoms with E-state index in [2.05, 4.69) is 22.3 Å². The Morgan fingerprint density at radius 1 is 1.21 bits per heavy atom. The zero-order valence-electron chi connectivity index (χ0n) is 19.5. The fraction of sp³-hybridized carbons (Fsp3) is 0.462. The Labute approximate surface area is 198 Å². The van der Waals surface area contributed by atoms with Crippen LogP contribution in [0.15, 0.2) is 57.7 Å². The van der Waals surface area contributed by atoms with Crippen LogP contribution in [0.2, 0.25) is 0 Å². The highest BCUT2D eigenvalue weighted by Crippen LogP contribution is 2.38. The molecule has 1 aromatic heterocycles. The minimum absolute atomic E-state index is 0.0869. The molecule has 0 unspecified atom stereocenters. The lowest BCUT2D eigenvalue weighted by molar-refractivity contribution is -0.159. The topological polar surface area (TPSA) is 85.9 Å². The van der Waals surface area contributed by atoms with Gasteiger partial charge in [0.15, 0.2) is 5.58 Å². The molecule has 2 aromatic carbocycles. The second-order valence-electron chi connectivity index (χ2n) is 9.13. The number of hydrogen-bond donors (Lipinski definition) is 1. The minimum Gasteiger partial charge on any atom is -0.408 e. The van der Waals surface area contributed by atoms with E-state index in [1.54, 1.807) is 22.8 Å². The monoisotopic (exact) mass is 465 g/mol. The number of aryl methyl sites for hydroxylation is 1. The summed E-state index contributed by atoms with van der Waals surface area (Å²) in [5, 5.41) is 2.94. The summed E-state index contributed by atoms with van der Waals surface area (Å²) in [6.45, 7) is 5.41. The highest BCUT2D eigenvalue weighted by Gasteiger charge is 2.47. The number of piperidine rings is 1. The van der Waals surface area contributed by atoms with Crippen molar-refractivity contribution in [1.29, 1.82) is 0 Å². The third-order valence-electron chi connectivity index (χ3n) is 6.93. The number of benzene rings is 2. The molecule has 8 heteroatoms. The average molecular weight is 466 g/mol. The summed E-state index contributed by atoms with van der Waals surface area (Å²) >= 11 is 0. The van der Waals surface area contributed by atoms with Crippen molar-refractivity contribution >= 4 is 22.7 Å². The molecule has 3 heterocycles. The van der Waals surface area contributed by atoms with Crippen LogP contribution in [0.1, 0.15) is 31.7 Å². The van der Waals surface area contributed by atoms with E-state index in [0.29, 0.717) is 31.0 Å². The number of ether oxygens (including phenoxy) is 2. The second kappa shape index (κ2) is 9.74. The maximum atomic E-state index is 12.8. The van der Waals surface area contributed by atoms with Crippen LogP contribution in [-0.2, 0) is 27.4 Å². The fourth-order valence-corrected chi connectivity index (χ4v) is 5.14. The largest absolute Gasteiger partial charge is 0.419 e. The normalized spacial score (nSPS) is 23.0. The molecule has 2 aliphatic heterocycles. The van der Waals surface area contributed by atoms with Gasteiger partial charge in [0.1, 0.15) is 0 Å². The van der Waals surface area contributed by atoms with E-state index in [4.69, 9.17) is 13.9 Å². The van der Waals surface area contributed by atoms with Crippen molar-refractivity contribution in [3.05, 3.63) is 64.6 Å². The fourth-order valence-electron chi connectivity index (χ4n) is 5.14. The number of oxazole rings is 1. The van der Waals surface area contributed by atoms with E-state index >= 15 is 0 Å². The quantitative estimate of drug-likeness (QED) is 0.576. The molecule has 5 rings (SSSR count). The van der Waals surface area contributed by atoms with Crippen molar-refractivity contribution in [2.45, 2.75) is 51.0 Å². The van der Waals surface area contributed by atoms with Crippen molar-refractivity contribution in [3.8, 4) is 0 Å². The first-order valence-corrected chi connectivity index (χ1v) is 12.0. The predicted octanol–water partition coefficient (Wildman–Crippen LogP) is 3.39. The molecular weight excluding hydrogens is 434 g/mol. The lowest BCUT2D eigenvalue weighted by atomic mass is 9.85. The van der Waals surface area contributed by atoms with Crippen molar-refractivity contribution in [1.82, 2.24) is 9.47 Å². The van der Waals surface area contributed by atoms with Gasteiger partial charge in [-0.1, -0.05) is 30.3 Å². The van der Waals surface area contributed by atoms with Crippen LogP contribution in [0.4, 0.5) is 5.69 Å². The summed E-state index contributed by atoms with van der Waals surface area (Å²) in [4.78, 5) is 26.9.